The van der Waals surface area contributed by atoms with Gasteiger partial charge in [-0.2, -0.15) is 21.6 Å². The van der Waals surface area contributed by atoms with Gasteiger partial charge in [-0.3, -0.25) is 4.79 Å². The van der Waals surface area contributed by atoms with Crippen LogP contribution in [0.15, 0.2) is 47.7 Å². The van der Waals surface area contributed by atoms with Gasteiger partial charge in [0.05, 0.1) is 22.4 Å². The summed E-state index contributed by atoms with van der Waals surface area (Å²) in [5.74, 6) is -2.44. The highest BCUT2D eigenvalue weighted by molar-refractivity contribution is 7.73. The molecule has 13 heteroatoms. The zero-order valence-corrected chi connectivity index (χ0v) is 18.0. The largest absolute Gasteiger partial charge is 0.489 e. The number of hydrogen-bond acceptors (Lipinski definition) is 7. The van der Waals surface area contributed by atoms with Crippen LogP contribution in [0.5, 0.6) is 0 Å². The normalized spacial score (nSPS) is 26.0. The van der Waals surface area contributed by atoms with E-state index in [2.05, 4.69) is 0 Å². The molecule has 1 aromatic rings. The molecule has 3 aliphatic rings. The summed E-state index contributed by atoms with van der Waals surface area (Å²) < 4.78 is 71.0. The number of ether oxygens (including phenoxy) is 1. The molecule has 0 N–H and O–H groups in total. The number of allylic oxidation sites excluding steroid dienone is 3. The molecule has 0 saturated carbocycles. The lowest BCUT2D eigenvalue weighted by atomic mass is 9.76. The molecule has 3 unspecified atom stereocenters. The summed E-state index contributed by atoms with van der Waals surface area (Å²) in [6.07, 6.45) is -5.07. The lowest BCUT2D eigenvalue weighted by Crippen LogP contribution is -2.64. The summed E-state index contributed by atoms with van der Waals surface area (Å²) in [6, 6.07) is 4.93. The third-order valence-electron chi connectivity index (χ3n) is 5.88. The predicted molar refractivity (Wildman–Crippen MR) is 107 cm³/mol. The number of alkyl halides is 3. The number of hydrogen-bond donors (Lipinski definition) is 0. The number of amides is 1. The third-order valence-corrected chi connectivity index (χ3v) is 6.71. The highest BCUT2D eigenvalue weighted by atomic mass is 32.2. The minimum atomic E-state index is -5.04. The van der Waals surface area contributed by atoms with Crippen LogP contribution in [0.4, 0.5) is 13.2 Å². The van der Waals surface area contributed by atoms with Crippen LogP contribution < -0.4 is 0 Å². The van der Waals surface area contributed by atoms with Gasteiger partial charge in [0.1, 0.15) is 11.4 Å². The Morgan fingerprint density at radius 2 is 1.91 bits per heavy atom. The Labute approximate surface area is 186 Å². The Bertz CT molecular complexity index is 1240. The van der Waals surface area contributed by atoms with Crippen molar-refractivity contribution in [3.63, 3.8) is 0 Å². The van der Waals surface area contributed by atoms with Gasteiger partial charge >= 0.3 is 6.18 Å². The molecule has 33 heavy (non-hydrogen) atoms. The average molecular weight is 486 g/mol. The smallest absolute Gasteiger partial charge is 0.417 e. The highest BCUT2D eigenvalue weighted by Crippen LogP contribution is 2.46. The molecule has 0 bridgehead atoms. The van der Waals surface area contributed by atoms with Crippen molar-refractivity contribution in [3.8, 4) is 0 Å². The van der Waals surface area contributed by atoms with E-state index in [0.717, 1.165) is 11.0 Å². The van der Waals surface area contributed by atoms with Crippen LogP contribution in [0.3, 0.4) is 0 Å². The molecule has 0 radical (unpaired) electrons. The fourth-order valence-electron chi connectivity index (χ4n) is 4.59. The Balaban J connectivity index is 1.94. The van der Waals surface area contributed by atoms with Gasteiger partial charge in [0.15, 0.2) is 6.10 Å². The predicted octanol–water partition coefficient (Wildman–Crippen LogP) is 2.45. The monoisotopic (exact) mass is 486 g/mol. The van der Waals surface area contributed by atoms with Crippen molar-refractivity contribution in [2.45, 2.75) is 44.3 Å². The van der Waals surface area contributed by atoms with E-state index in [1.807, 2.05) is 0 Å². The minimum absolute atomic E-state index is 0.0963. The summed E-state index contributed by atoms with van der Waals surface area (Å²) in [4.78, 5) is 29.4. The number of nitrogens with zero attached hydrogens (tertiary/aromatic N) is 2. The molecular weight excluding hydrogens is 469 g/mol. The van der Waals surface area contributed by atoms with E-state index in [1.165, 1.54) is 19.9 Å². The molecule has 1 aliphatic carbocycles. The minimum Gasteiger partial charge on any atom is -0.489 e. The average Bonchev–Trinajstić information content (AvgIpc) is 3.03. The zero-order valence-electron chi connectivity index (χ0n) is 17.2. The van der Waals surface area contributed by atoms with Crippen molar-refractivity contribution in [2.24, 2.45) is 5.92 Å². The second-order valence-corrected chi connectivity index (χ2v) is 9.17. The topological polar surface area (TPSA) is 116 Å². The van der Waals surface area contributed by atoms with Crippen LogP contribution in [0.25, 0.3) is 0 Å². The van der Waals surface area contributed by atoms with Gasteiger partial charge in [-0.1, -0.05) is 18.2 Å². The molecule has 0 spiro atoms. The molecule has 9 nitrogen and oxygen atoms in total. The molecular formula is C20H17F3N2O7S. The van der Waals surface area contributed by atoms with Gasteiger partial charge < -0.3 is 14.5 Å². The molecule has 1 saturated heterocycles. The fraction of sp³-hybridized carbons (Fsp3) is 0.400. The summed E-state index contributed by atoms with van der Waals surface area (Å²) in [6.45, 7) is 2.73. The maximum Gasteiger partial charge on any atom is 0.417 e. The first-order valence-corrected chi connectivity index (χ1v) is 10.7. The van der Waals surface area contributed by atoms with E-state index in [4.69, 9.17) is 9.57 Å². The third kappa shape index (κ3) is 3.75. The SMILES string of the molecule is CC1(C)OC2=CC=C(C(F)(F)F)C(=S(=O)=O)C2C(N2Cc3ccccc3C2=O)C1O[N+](=O)[O-]. The van der Waals surface area contributed by atoms with Gasteiger partial charge in [0.2, 0.25) is 10.3 Å². The molecule has 0 aromatic heterocycles. The molecule has 4 rings (SSSR count). The van der Waals surface area contributed by atoms with Crippen LogP contribution >= 0.6 is 0 Å². The number of fused-ring (bicyclic) bond motifs is 2. The first kappa shape index (κ1) is 22.8. The highest BCUT2D eigenvalue weighted by Gasteiger charge is 2.59. The second kappa shape index (κ2) is 7.61. The Morgan fingerprint density at radius 1 is 1.24 bits per heavy atom. The van der Waals surface area contributed by atoms with Crippen molar-refractivity contribution in [2.75, 3.05) is 0 Å². The van der Waals surface area contributed by atoms with Crippen LogP contribution in [-0.4, -0.2) is 53.1 Å². The van der Waals surface area contributed by atoms with Crippen molar-refractivity contribution in [1.29, 1.82) is 0 Å². The molecule has 1 fully saturated rings. The second-order valence-electron chi connectivity index (χ2n) is 8.26. The van der Waals surface area contributed by atoms with Gasteiger partial charge in [-0.25, -0.2) is 0 Å². The number of benzene rings is 1. The molecule has 3 atom stereocenters. The van der Waals surface area contributed by atoms with Crippen molar-refractivity contribution in [1.82, 2.24) is 4.90 Å². The lowest BCUT2D eigenvalue weighted by Gasteiger charge is -2.51. The van der Waals surface area contributed by atoms with Crippen molar-refractivity contribution < 1.29 is 41.0 Å². The van der Waals surface area contributed by atoms with Crippen LogP contribution in [0.2, 0.25) is 0 Å². The maximum absolute atomic E-state index is 13.7. The lowest BCUT2D eigenvalue weighted by molar-refractivity contribution is -0.774. The summed E-state index contributed by atoms with van der Waals surface area (Å²) >= 11 is 0. The molecule has 176 valence electrons. The number of rotatable bonds is 3. The van der Waals surface area contributed by atoms with E-state index in [0.29, 0.717) is 11.6 Å². The zero-order chi connectivity index (χ0) is 24.3. The number of carbonyl (C=O) groups excluding carboxylic acids is 1. The molecule has 2 heterocycles. The standard InChI is InChI=1S/C20H17F3N2O7S/c1-19(2)17(32-25(27)28)15(24-9-10-5-3-4-6-11(10)18(24)26)14-13(31-19)8-7-12(20(21,22)23)16(14)33(29)30/h3-8,14-15,17H,9H2,1-2H3. The van der Waals surface area contributed by atoms with E-state index < -0.39 is 61.6 Å². The van der Waals surface area contributed by atoms with Crippen LogP contribution in [0.1, 0.15) is 29.8 Å². The Morgan fingerprint density at radius 3 is 2.48 bits per heavy atom. The maximum atomic E-state index is 13.7. The molecule has 1 aromatic carbocycles. The van der Waals surface area contributed by atoms with Crippen molar-refractivity contribution in [3.05, 3.63) is 69.0 Å². The summed E-state index contributed by atoms with van der Waals surface area (Å²) in [5.41, 5.74) is -2.13. The van der Waals surface area contributed by atoms with Gasteiger partial charge in [0.25, 0.3) is 11.0 Å². The first-order chi connectivity index (χ1) is 15.3. The van der Waals surface area contributed by atoms with E-state index >= 15 is 0 Å². The van der Waals surface area contributed by atoms with Crippen LogP contribution in [-0.2, 0) is 26.4 Å². The Kier molecular flexibility index (Phi) is 5.26. The molecule has 1 amide bonds. The summed E-state index contributed by atoms with van der Waals surface area (Å²) in [7, 11) is -3.39. The van der Waals surface area contributed by atoms with E-state index in [-0.39, 0.29) is 17.9 Å². The number of carbonyl (C=O) groups is 1. The van der Waals surface area contributed by atoms with Gasteiger partial charge in [-0.15, -0.1) is 10.1 Å². The van der Waals surface area contributed by atoms with Crippen LogP contribution in [0, 0.1) is 16.0 Å². The Hall–Kier alpha value is -3.35. The van der Waals surface area contributed by atoms with E-state index in [9.17, 15) is 36.5 Å². The quantitative estimate of drug-likeness (QED) is 0.366. The first-order valence-electron chi connectivity index (χ1n) is 9.67. The van der Waals surface area contributed by atoms with Gasteiger partial charge in [-0.05, 0) is 37.6 Å². The van der Waals surface area contributed by atoms with Crippen molar-refractivity contribution >= 4 is 21.1 Å². The summed E-state index contributed by atoms with van der Waals surface area (Å²) in [5, 5.41) is 10.2. The van der Waals surface area contributed by atoms with E-state index in [1.54, 1.807) is 18.2 Å². The number of halogens is 3. The molecule has 2 aliphatic heterocycles. The fourth-order valence-corrected chi connectivity index (χ4v) is 5.41. The van der Waals surface area contributed by atoms with Gasteiger partial charge in [0, 0.05) is 12.1 Å².